The van der Waals surface area contributed by atoms with Crippen molar-refractivity contribution in [3.05, 3.63) is 46.0 Å². The third-order valence-electron chi connectivity index (χ3n) is 1.98. The first-order chi connectivity index (χ1) is 8.14. The van der Waals surface area contributed by atoms with Gasteiger partial charge in [-0.25, -0.2) is 0 Å². The second-order valence-electron chi connectivity index (χ2n) is 3.26. The van der Waals surface area contributed by atoms with Gasteiger partial charge in [-0.1, -0.05) is 29.8 Å². The number of Topliss-reactive ketones (excluding diaryl/α,β-unsaturated/α-hetero) is 2. The highest BCUT2D eigenvalue weighted by molar-refractivity contribution is 6.39. The van der Waals surface area contributed by atoms with Gasteiger partial charge in [0, 0.05) is 10.6 Å². The molecule has 1 aromatic carbocycles. The molecule has 0 aliphatic carbocycles. The van der Waals surface area contributed by atoms with Gasteiger partial charge in [0.2, 0.25) is 0 Å². The summed E-state index contributed by atoms with van der Waals surface area (Å²) in [6.45, 7) is 2.85. The Morgan fingerprint density at radius 3 is 2.17 bits per heavy atom. The molecule has 1 aromatic rings. The molecule has 0 saturated carbocycles. The second kappa shape index (κ2) is 5.12. The third-order valence-corrected chi connectivity index (χ3v) is 2.53. The fourth-order valence-electron chi connectivity index (χ4n) is 1.11. The maximum absolute atomic E-state index is 12.1. The number of halogens is 5. The molecule has 0 aliphatic rings. The number of carbonyl (C=O) groups is 2. The first-order valence-corrected chi connectivity index (χ1v) is 5.20. The normalized spacial score (nSPS) is 11.2. The fourth-order valence-corrected chi connectivity index (χ4v) is 1.60. The first kappa shape index (κ1) is 14.7. The van der Waals surface area contributed by atoms with Gasteiger partial charge in [0.05, 0.1) is 10.6 Å². The summed E-state index contributed by atoms with van der Waals surface area (Å²) in [4.78, 5) is 22.5. The lowest BCUT2D eigenvalue weighted by Crippen LogP contribution is -2.27. The van der Waals surface area contributed by atoms with Crippen molar-refractivity contribution in [1.29, 1.82) is 0 Å². The topological polar surface area (TPSA) is 34.1 Å². The number of rotatable bonds is 3. The summed E-state index contributed by atoms with van der Waals surface area (Å²) in [5.74, 6) is -3.47. The van der Waals surface area contributed by atoms with Crippen molar-refractivity contribution >= 4 is 34.8 Å². The smallest absolute Gasteiger partial charge is 0.288 e. The van der Waals surface area contributed by atoms with E-state index in [0.717, 1.165) is 6.07 Å². The zero-order chi connectivity index (χ0) is 14.1. The summed E-state index contributed by atoms with van der Waals surface area (Å²) < 4.78 is 36.4. The third kappa shape index (κ3) is 3.11. The van der Waals surface area contributed by atoms with Crippen LogP contribution in [0.1, 0.15) is 10.4 Å². The standard InChI is InChI=1S/C11H5Cl2F3O2/c1-5(10(18)11(14,15)16)9(17)7-3-2-6(12)4-8(7)13/h2-4H,1H2. The van der Waals surface area contributed by atoms with Crippen LogP contribution >= 0.6 is 23.2 Å². The van der Waals surface area contributed by atoms with E-state index in [-0.39, 0.29) is 15.6 Å². The van der Waals surface area contributed by atoms with Gasteiger partial charge in [0.25, 0.3) is 5.78 Å². The molecule has 0 amide bonds. The van der Waals surface area contributed by atoms with Gasteiger partial charge in [-0.15, -0.1) is 0 Å². The Morgan fingerprint density at radius 2 is 1.72 bits per heavy atom. The van der Waals surface area contributed by atoms with Crippen LogP contribution in [0.15, 0.2) is 30.4 Å². The predicted molar refractivity (Wildman–Crippen MR) is 61.0 cm³/mol. The van der Waals surface area contributed by atoms with Gasteiger partial charge in [-0.2, -0.15) is 13.2 Å². The van der Waals surface area contributed by atoms with Crippen LogP contribution in [-0.2, 0) is 4.79 Å². The second-order valence-corrected chi connectivity index (χ2v) is 4.10. The molecule has 0 bridgehead atoms. The number of ketones is 2. The lowest BCUT2D eigenvalue weighted by molar-refractivity contribution is -0.166. The van der Waals surface area contributed by atoms with Crippen LogP contribution in [-0.4, -0.2) is 17.7 Å². The fraction of sp³-hybridized carbons (Fsp3) is 0.0909. The maximum atomic E-state index is 12.1. The van der Waals surface area contributed by atoms with E-state index in [4.69, 9.17) is 23.2 Å². The highest BCUT2D eigenvalue weighted by Crippen LogP contribution is 2.26. The van der Waals surface area contributed by atoms with Crippen molar-refractivity contribution in [2.24, 2.45) is 0 Å². The molecule has 0 heterocycles. The zero-order valence-corrected chi connectivity index (χ0v) is 10.2. The molecule has 0 N–H and O–H groups in total. The summed E-state index contributed by atoms with van der Waals surface area (Å²) in [6.07, 6.45) is -5.15. The predicted octanol–water partition coefficient (Wildman–Crippen LogP) is 3.86. The number of alkyl halides is 3. The summed E-state index contributed by atoms with van der Waals surface area (Å²) in [5, 5.41) is 0.0629. The van der Waals surface area contributed by atoms with Crippen LogP contribution < -0.4 is 0 Å². The summed E-state index contributed by atoms with van der Waals surface area (Å²) >= 11 is 11.2. The summed E-state index contributed by atoms with van der Waals surface area (Å²) in [7, 11) is 0. The highest BCUT2D eigenvalue weighted by Gasteiger charge is 2.42. The van der Waals surface area contributed by atoms with Gasteiger partial charge < -0.3 is 0 Å². The Bertz CT molecular complexity index is 536. The average Bonchev–Trinajstić information content (AvgIpc) is 2.25. The van der Waals surface area contributed by atoms with Gasteiger partial charge in [0.1, 0.15) is 0 Å². The van der Waals surface area contributed by atoms with Crippen LogP contribution in [0.5, 0.6) is 0 Å². The minimum absolute atomic E-state index is 0.149. The molecule has 0 aliphatic heterocycles. The number of hydrogen-bond donors (Lipinski definition) is 0. The molecule has 0 fully saturated rings. The van der Waals surface area contributed by atoms with Gasteiger partial charge in [-0.3, -0.25) is 9.59 Å². The van der Waals surface area contributed by atoms with E-state index in [2.05, 4.69) is 6.58 Å². The minimum Gasteiger partial charge on any atom is -0.288 e. The van der Waals surface area contributed by atoms with E-state index in [1.165, 1.54) is 12.1 Å². The van der Waals surface area contributed by atoms with Gasteiger partial charge in [-0.05, 0) is 18.2 Å². The minimum atomic E-state index is -5.15. The monoisotopic (exact) mass is 296 g/mol. The van der Waals surface area contributed by atoms with Crippen molar-refractivity contribution in [2.75, 3.05) is 0 Å². The number of hydrogen-bond acceptors (Lipinski definition) is 2. The van der Waals surface area contributed by atoms with Crippen LogP contribution in [0, 0.1) is 0 Å². The zero-order valence-electron chi connectivity index (χ0n) is 8.65. The molecular weight excluding hydrogens is 292 g/mol. The van der Waals surface area contributed by atoms with Crippen molar-refractivity contribution in [3.63, 3.8) is 0 Å². The summed E-state index contributed by atoms with van der Waals surface area (Å²) in [6, 6.07) is 3.58. The molecule has 0 atom stereocenters. The molecule has 18 heavy (non-hydrogen) atoms. The van der Waals surface area contributed by atoms with E-state index < -0.39 is 23.3 Å². The highest BCUT2D eigenvalue weighted by atomic mass is 35.5. The molecule has 2 nitrogen and oxygen atoms in total. The van der Waals surface area contributed by atoms with E-state index >= 15 is 0 Å². The molecule has 0 unspecified atom stereocenters. The Balaban J connectivity index is 3.09. The Labute approximate surface area is 110 Å². The Kier molecular flexibility index (Phi) is 4.19. The molecule has 7 heteroatoms. The van der Waals surface area contributed by atoms with Crippen molar-refractivity contribution in [3.8, 4) is 0 Å². The molecular formula is C11H5Cl2F3O2. The first-order valence-electron chi connectivity index (χ1n) is 4.44. The Morgan fingerprint density at radius 1 is 1.17 bits per heavy atom. The van der Waals surface area contributed by atoms with Crippen LogP contribution in [0.3, 0.4) is 0 Å². The van der Waals surface area contributed by atoms with Crippen molar-refractivity contribution < 1.29 is 22.8 Å². The quantitative estimate of drug-likeness (QED) is 0.367. The average molecular weight is 297 g/mol. The molecule has 0 saturated heterocycles. The van der Waals surface area contributed by atoms with E-state index in [9.17, 15) is 22.8 Å². The maximum Gasteiger partial charge on any atom is 0.454 e. The van der Waals surface area contributed by atoms with E-state index in [1.54, 1.807) is 0 Å². The lowest BCUT2D eigenvalue weighted by atomic mass is 10.0. The number of allylic oxidation sites excluding steroid dienone is 1. The lowest BCUT2D eigenvalue weighted by Gasteiger charge is -2.08. The van der Waals surface area contributed by atoms with E-state index in [1.807, 2.05) is 0 Å². The van der Waals surface area contributed by atoms with E-state index in [0.29, 0.717) is 0 Å². The largest absolute Gasteiger partial charge is 0.454 e. The van der Waals surface area contributed by atoms with Gasteiger partial charge in [0.15, 0.2) is 5.78 Å². The molecule has 1 rings (SSSR count). The SMILES string of the molecule is C=C(C(=O)c1ccc(Cl)cc1Cl)C(=O)C(F)(F)F. The molecule has 0 radical (unpaired) electrons. The molecule has 0 aromatic heterocycles. The van der Waals surface area contributed by atoms with Crippen molar-refractivity contribution in [1.82, 2.24) is 0 Å². The van der Waals surface area contributed by atoms with Crippen LogP contribution in [0.2, 0.25) is 10.0 Å². The molecule has 0 spiro atoms. The number of carbonyl (C=O) groups excluding carboxylic acids is 2. The summed E-state index contributed by atoms with van der Waals surface area (Å²) in [5.41, 5.74) is -1.45. The van der Waals surface area contributed by atoms with Crippen molar-refractivity contribution in [2.45, 2.75) is 6.18 Å². The molecule has 96 valence electrons. The Hall–Kier alpha value is -1.33. The number of benzene rings is 1. The van der Waals surface area contributed by atoms with Crippen LogP contribution in [0.4, 0.5) is 13.2 Å². The van der Waals surface area contributed by atoms with Crippen LogP contribution in [0.25, 0.3) is 0 Å². The van der Waals surface area contributed by atoms with Gasteiger partial charge >= 0.3 is 6.18 Å².